The maximum atomic E-state index is 12.0. The average Bonchev–Trinajstić information content (AvgIpc) is 2.90. The van der Waals surface area contributed by atoms with Gasteiger partial charge in [0.2, 0.25) is 0 Å². The number of nitrogens with zero attached hydrogens (tertiary/aromatic N) is 1. The van der Waals surface area contributed by atoms with E-state index < -0.39 is 12.0 Å². The van der Waals surface area contributed by atoms with Crippen molar-refractivity contribution in [3.8, 4) is 0 Å². The molecule has 0 spiro atoms. The highest BCUT2D eigenvalue weighted by molar-refractivity contribution is 5.87. The highest BCUT2D eigenvalue weighted by Crippen LogP contribution is 2.10. The van der Waals surface area contributed by atoms with Crippen molar-refractivity contribution >= 4 is 18.0 Å². The number of hydrogen-bond donors (Lipinski definition) is 3. The number of aromatic nitrogens is 1. The first kappa shape index (κ1) is 16.5. The number of carbonyl (C=O) groups excluding carboxylic acids is 1. The number of hydrogen-bond acceptors (Lipinski definition) is 4. The van der Waals surface area contributed by atoms with Gasteiger partial charge in [0.05, 0.1) is 6.20 Å². The van der Waals surface area contributed by atoms with Crippen molar-refractivity contribution in [1.29, 1.82) is 0 Å². The predicted octanol–water partition coefficient (Wildman–Crippen LogP) is 2.58. The van der Waals surface area contributed by atoms with Gasteiger partial charge in [-0.15, -0.1) is 0 Å². The van der Waals surface area contributed by atoms with Gasteiger partial charge in [-0.3, -0.25) is 10.1 Å². The molecule has 0 saturated carbocycles. The molecule has 2 aromatic rings. The van der Waals surface area contributed by atoms with Gasteiger partial charge in [0, 0.05) is 12.5 Å². The smallest absolute Gasteiger partial charge is 0.323 e. The molecule has 0 aliphatic rings. The first-order valence-electron chi connectivity index (χ1n) is 7.28. The summed E-state index contributed by atoms with van der Waals surface area (Å²) in [6, 6.07) is 8.91. The lowest BCUT2D eigenvalue weighted by molar-refractivity contribution is -0.137. The number of rotatable bonds is 7. The fourth-order valence-electron chi connectivity index (χ4n) is 2.15. The highest BCUT2D eigenvalue weighted by atomic mass is 16.4. The minimum Gasteiger partial charge on any atom is -0.481 e. The third-order valence-corrected chi connectivity index (χ3v) is 3.21. The SMILES string of the molecule is Cc1cnc(NC(=O)NC(CCC(=O)O)Cc2ccccc2)o1. The van der Waals surface area contributed by atoms with Gasteiger partial charge in [-0.05, 0) is 25.3 Å². The molecule has 0 fully saturated rings. The number of amides is 2. The van der Waals surface area contributed by atoms with E-state index in [1.165, 1.54) is 6.20 Å². The van der Waals surface area contributed by atoms with Gasteiger partial charge in [0.15, 0.2) is 0 Å². The Bertz CT molecular complexity index is 654. The van der Waals surface area contributed by atoms with Crippen LogP contribution in [0.15, 0.2) is 40.9 Å². The van der Waals surface area contributed by atoms with Crippen LogP contribution < -0.4 is 10.6 Å². The lowest BCUT2D eigenvalue weighted by atomic mass is 10.0. The van der Waals surface area contributed by atoms with Gasteiger partial charge < -0.3 is 14.8 Å². The molecule has 0 radical (unpaired) electrons. The van der Waals surface area contributed by atoms with Gasteiger partial charge in [0.1, 0.15) is 5.76 Å². The van der Waals surface area contributed by atoms with E-state index in [-0.39, 0.29) is 18.5 Å². The number of urea groups is 1. The molecule has 0 aliphatic carbocycles. The van der Waals surface area contributed by atoms with E-state index in [1.807, 2.05) is 30.3 Å². The summed E-state index contributed by atoms with van der Waals surface area (Å²) in [5.41, 5.74) is 1.02. The zero-order chi connectivity index (χ0) is 16.7. The van der Waals surface area contributed by atoms with Crippen LogP contribution in [0.4, 0.5) is 10.8 Å². The normalized spacial score (nSPS) is 11.7. The highest BCUT2D eigenvalue weighted by Gasteiger charge is 2.16. The second-order valence-corrected chi connectivity index (χ2v) is 5.19. The Morgan fingerprint density at radius 3 is 2.65 bits per heavy atom. The number of carbonyl (C=O) groups is 2. The molecule has 1 aromatic carbocycles. The van der Waals surface area contributed by atoms with Gasteiger partial charge in [0.25, 0.3) is 0 Å². The first-order chi connectivity index (χ1) is 11.0. The molecule has 1 unspecified atom stereocenters. The molecule has 7 heteroatoms. The molecule has 1 atom stereocenters. The third-order valence-electron chi connectivity index (χ3n) is 3.21. The number of aryl methyl sites for hydroxylation is 1. The first-order valence-corrected chi connectivity index (χ1v) is 7.28. The van der Waals surface area contributed by atoms with E-state index in [9.17, 15) is 9.59 Å². The molecule has 7 nitrogen and oxygen atoms in total. The molecule has 0 bridgehead atoms. The molecule has 23 heavy (non-hydrogen) atoms. The summed E-state index contributed by atoms with van der Waals surface area (Å²) in [5.74, 6) is -0.305. The topological polar surface area (TPSA) is 104 Å². The molecule has 1 aromatic heterocycles. The van der Waals surface area contributed by atoms with Crippen molar-refractivity contribution in [1.82, 2.24) is 10.3 Å². The van der Waals surface area contributed by atoms with Crippen LogP contribution in [0.2, 0.25) is 0 Å². The summed E-state index contributed by atoms with van der Waals surface area (Å²) in [6.45, 7) is 1.72. The average molecular weight is 317 g/mol. The van der Waals surface area contributed by atoms with Crippen LogP contribution in [-0.2, 0) is 11.2 Å². The number of oxazole rings is 1. The third kappa shape index (κ3) is 5.82. The van der Waals surface area contributed by atoms with E-state index in [4.69, 9.17) is 9.52 Å². The Morgan fingerprint density at radius 1 is 1.30 bits per heavy atom. The van der Waals surface area contributed by atoms with Crippen molar-refractivity contribution in [3.63, 3.8) is 0 Å². The van der Waals surface area contributed by atoms with Crippen LogP contribution in [0, 0.1) is 6.92 Å². The van der Waals surface area contributed by atoms with Crippen LogP contribution in [0.1, 0.15) is 24.2 Å². The van der Waals surface area contributed by atoms with Crippen molar-refractivity contribution in [2.75, 3.05) is 5.32 Å². The summed E-state index contributed by atoms with van der Waals surface area (Å²) in [6.07, 6.45) is 2.37. The molecule has 2 rings (SSSR count). The number of carboxylic acid groups (broad SMARTS) is 1. The summed E-state index contributed by atoms with van der Waals surface area (Å²) < 4.78 is 5.18. The number of aliphatic carboxylic acids is 1. The minimum atomic E-state index is -0.895. The summed E-state index contributed by atoms with van der Waals surface area (Å²) in [4.78, 5) is 26.7. The lowest BCUT2D eigenvalue weighted by Gasteiger charge is -2.18. The number of anilines is 1. The second kappa shape index (κ2) is 7.98. The van der Waals surface area contributed by atoms with E-state index in [2.05, 4.69) is 15.6 Å². The van der Waals surface area contributed by atoms with Crippen LogP contribution in [0.5, 0.6) is 0 Å². The van der Waals surface area contributed by atoms with E-state index in [1.54, 1.807) is 6.92 Å². The summed E-state index contributed by atoms with van der Waals surface area (Å²) in [7, 11) is 0. The van der Waals surface area contributed by atoms with Gasteiger partial charge in [-0.2, -0.15) is 0 Å². The molecular weight excluding hydrogens is 298 g/mol. The molecular formula is C16H19N3O4. The van der Waals surface area contributed by atoms with Crippen LogP contribution in [0.3, 0.4) is 0 Å². The largest absolute Gasteiger partial charge is 0.481 e. The quantitative estimate of drug-likeness (QED) is 0.728. The summed E-state index contributed by atoms with van der Waals surface area (Å²) >= 11 is 0. The summed E-state index contributed by atoms with van der Waals surface area (Å²) in [5, 5.41) is 14.1. The monoisotopic (exact) mass is 317 g/mol. The van der Waals surface area contributed by atoms with Crippen molar-refractivity contribution in [2.45, 2.75) is 32.2 Å². The maximum Gasteiger partial charge on any atom is 0.323 e. The van der Waals surface area contributed by atoms with Crippen LogP contribution in [-0.4, -0.2) is 28.1 Å². The van der Waals surface area contributed by atoms with Crippen LogP contribution >= 0.6 is 0 Å². The lowest BCUT2D eigenvalue weighted by Crippen LogP contribution is -2.39. The van der Waals surface area contributed by atoms with Gasteiger partial charge in [-0.25, -0.2) is 9.78 Å². The molecule has 2 amide bonds. The van der Waals surface area contributed by atoms with Gasteiger partial charge in [-0.1, -0.05) is 30.3 Å². The molecule has 122 valence electrons. The van der Waals surface area contributed by atoms with E-state index in [0.29, 0.717) is 18.6 Å². The number of nitrogens with one attached hydrogen (secondary N) is 2. The Morgan fingerprint density at radius 2 is 2.04 bits per heavy atom. The number of carboxylic acids is 1. The van der Waals surface area contributed by atoms with Crippen LogP contribution in [0.25, 0.3) is 0 Å². The second-order valence-electron chi connectivity index (χ2n) is 5.19. The zero-order valence-electron chi connectivity index (χ0n) is 12.8. The van der Waals surface area contributed by atoms with Crippen molar-refractivity contribution < 1.29 is 19.1 Å². The van der Waals surface area contributed by atoms with Crippen molar-refractivity contribution in [3.05, 3.63) is 47.9 Å². The standard InChI is InChI=1S/C16H19N3O4/c1-11-10-17-16(23-11)19-15(22)18-13(7-8-14(20)21)9-12-5-3-2-4-6-12/h2-6,10,13H,7-9H2,1H3,(H,20,21)(H2,17,18,19,22). The van der Waals surface area contributed by atoms with Gasteiger partial charge >= 0.3 is 18.0 Å². The Labute approximate surface area is 133 Å². The number of benzene rings is 1. The Balaban J connectivity index is 1.95. The molecule has 0 aliphatic heterocycles. The predicted molar refractivity (Wildman–Crippen MR) is 84.2 cm³/mol. The Hall–Kier alpha value is -2.83. The fourth-order valence-corrected chi connectivity index (χ4v) is 2.15. The van der Waals surface area contributed by atoms with E-state index in [0.717, 1.165) is 5.56 Å². The molecule has 1 heterocycles. The fraction of sp³-hybridized carbons (Fsp3) is 0.312. The zero-order valence-corrected chi connectivity index (χ0v) is 12.8. The molecule has 3 N–H and O–H groups in total. The Kier molecular flexibility index (Phi) is 5.74. The minimum absolute atomic E-state index is 0.0180. The van der Waals surface area contributed by atoms with Crippen molar-refractivity contribution in [2.24, 2.45) is 0 Å². The molecule has 0 saturated heterocycles. The maximum absolute atomic E-state index is 12.0. The van der Waals surface area contributed by atoms with E-state index >= 15 is 0 Å².